The molecule has 132 valence electrons. The van der Waals surface area contributed by atoms with Gasteiger partial charge in [-0.3, -0.25) is 4.90 Å². The van der Waals surface area contributed by atoms with E-state index in [0.29, 0.717) is 0 Å². The van der Waals surface area contributed by atoms with Crippen molar-refractivity contribution in [3.05, 3.63) is 66.2 Å². The van der Waals surface area contributed by atoms with E-state index in [9.17, 15) is 5.11 Å². The summed E-state index contributed by atoms with van der Waals surface area (Å²) in [6, 6.07) is 21.4. The number of fused-ring (bicyclic) bond motifs is 1. The smallest absolute Gasteiger partial charge is 0.100 e. The maximum Gasteiger partial charge on any atom is 0.100 e. The minimum atomic E-state index is -0.638. The van der Waals surface area contributed by atoms with Gasteiger partial charge in [-0.1, -0.05) is 61.4 Å². The predicted octanol–water partition coefficient (Wildman–Crippen LogP) is 4.05. The monoisotopic (exact) mass is 336 g/mol. The minimum absolute atomic E-state index is 0.132. The van der Waals surface area contributed by atoms with E-state index in [0.717, 1.165) is 44.5 Å². The van der Waals surface area contributed by atoms with Gasteiger partial charge in [0.2, 0.25) is 0 Å². The topological polar surface area (TPSA) is 35.5 Å². The highest BCUT2D eigenvalue weighted by molar-refractivity contribution is 5.44. The van der Waals surface area contributed by atoms with Crippen LogP contribution in [0.3, 0.4) is 0 Å². The number of para-hydroxylation sites is 1. The zero-order valence-electron chi connectivity index (χ0n) is 14.8. The molecule has 25 heavy (non-hydrogen) atoms. The molecule has 1 aliphatic carbocycles. The van der Waals surface area contributed by atoms with Gasteiger partial charge in [-0.25, -0.2) is 0 Å². The minimum Gasteiger partial charge on any atom is -0.386 e. The Labute approximate surface area is 150 Å². The SMILES string of the molecule is O[C@]12CCCC[C@@H]1N(Cc1ccccc1)CCC2Nc1ccccc1. The van der Waals surface area contributed by atoms with Crippen LogP contribution in [-0.2, 0) is 6.54 Å². The highest BCUT2D eigenvalue weighted by Gasteiger charge is 2.50. The van der Waals surface area contributed by atoms with Gasteiger partial charge >= 0.3 is 0 Å². The molecule has 1 unspecified atom stereocenters. The molecule has 2 N–H and O–H groups in total. The van der Waals surface area contributed by atoms with E-state index < -0.39 is 5.60 Å². The van der Waals surface area contributed by atoms with Crippen molar-refractivity contribution in [1.29, 1.82) is 0 Å². The third-order valence-corrected chi connectivity index (χ3v) is 5.97. The van der Waals surface area contributed by atoms with Crippen LogP contribution in [0.15, 0.2) is 60.7 Å². The summed E-state index contributed by atoms with van der Waals surface area (Å²) in [6.07, 6.45) is 5.31. The van der Waals surface area contributed by atoms with Crippen LogP contribution in [0.5, 0.6) is 0 Å². The van der Waals surface area contributed by atoms with E-state index in [-0.39, 0.29) is 12.1 Å². The molecule has 1 aliphatic heterocycles. The van der Waals surface area contributed by atoms with E-state index in [1.807, 2.05) is 6.07 Å². The van der Waals surface area contributed by atoms with Crippen molar-refractivity contribution in [2.75, 3.05) is 11.9 Å². The van der Waals surface area contributed by atoms with Gasteiger partial charge in [0.1, 0.15) is 5.60 Å². The Morgan fingerprint density at radius 2 is 1.68 bits per heavy atom. The third-order valence-electron chi connectivity index (χ3n) is 5.97. The lowest BCUT2D eigenvalue weighted by molar-refractivity contribution is -0.114. The number of benzene rings is 2. The lowest BCUT2D eigenvalue weighted by Gasteiger charge is -2.54. The Kier molecular flexibility index (Phi) is 4.78. The van der Waals surface area contributed by atoms with Gasteiger partial charge < -0.3 is 10.4 Å². The summed E-state index contributed by atoms with van der Waals surface area (Å²) >= 11 is 0. The van der Waals surface area contributed by atoms with Crippen molar-refractivity contribution in [1.82, 2.24) is 4.90 Å². The van der Waals surface area contributed by atoms with Crippen LogP contribution in [0.1, 0.15) is 37.7 Å². The normalized spacial score (nSPS) is 29.8. The summed E-state index contributed by atoms with van der Waals surface area (Å²) in [5.74, 6) is 0. The average molecular weight is 336 g/mol. The molecule has 0 aromatic heterocycles. The Morgan fingerprint density at radius 1 is 0.960 bits per heavy atom. The summed E-state index contributed by atoms with van der Waals surface area (Å²) in [5.41, 5.74) is 1.81. The first-order valence-electron chi connectivity index (χ1n) is 9.58. The molecule has 2 aliphatic rings. The number of nitrogens with zero attached hydrogens (tertiary/aromatic N) is 1. The Hall–Kier alpha value is -1.84. The lowest BCUT2D eigenvalue weighted by atomic mass is 9.71. The van der Waals surface area contributed by atoms with Crippen LogP contribution < -0.4 is 5.32 Å². The van der Waals surface area contributed by atoms with E-state index in [4.69, 9.17) is 0 Å². The average Bonchev–Trinajstić information content (AvgIpc) is 2.65. The molecule has 1 saturated carbocycles. The maximum absolute atomic E-state index is 11.7. The van der Waals surface area contributed by atoms with Crippen molar-refractivity contribution in [2.45, 2.75) is 56.3 Å². The van der Waals surface area contributed by atoms with Crippen molar-refractivity contribution >= 4 is 5.69 Å². The molecule has 0 radical (unpaired) electrons. The number of anilines is 1. The first kappa shape index (κ1) is 16.6. The number of piperidine rings is 1. The molecule has 2 fully saturated rings. The Balaban J connectivity index is 1.54. The van der Waals surface area contributed by atoms with Gasteiger partial charge in [0.25, 0.3) is 0 Å². The highest BCUT2D eigenvalue weighted by Crippen LogP contribution is 2.40. The molecular formula is C22H28N2O. The largest absolute Gasteiger partial charge is 0.386 e. The van der Waals surface area contributed by atoms with Gasteiger partial charge in [0, 0.05) is 24.8 Å². The van der Waals surface area contributed by atoms with Gasteiger partial charge in [-0.05, 0) is 37.0 Å². The van der Waals surface area contributed by atoms with E-state index in [1.54, 1.807) is 0 Å². The molecule has 1 saturated heterocycles. The summed E-state index contributed by atoms with van der Waals surface area (Å²) in [7, 11) is 0. The molecule has 3 heteroatoms. The summed E-state index contributed by atoms with van der Waals surface area (Å²) in [4.78, 5) is 2.51. The van der Waals surface area contributed by atoms with Crippen LogP contribution in [0.25, 0.3) is 0 Å². The highest BCUT2D eigenvalue weighted by atomic mass is 16.3. The quantitative estimate of drug-likeness (QED) is 0.884. The Bertz CT molecular complexity index is 675. The molecule has 2 aromatic rings. The van der Waals surface area contributed by atoms with E-state index in [2.05, 4.69) is 64.8 Å². The van der Waals surface area contributed by atoms with Crippen LogP contribution in [0, 0.1) is 0 Å². The van der Waals surface area contributed by atoms with Gasteiger partial charge in [0.15, 0.2) is 0 Å². The van der Waals surface area contributed by atoms with Gasteiger partial charge in [-0.15, -0.1) is 0 Å². The zero-order chi connectivity index (χ0) is 17.1. The second-order valence-electron chi connectivity index (χ2n) is 7.56. The standard InChI is InChI=1S/C22H28N2O/c25-22-15-8-7-13-21(22)24(17-18-9-3-1-4-10-18)16-14-20(22)23-19-11-5-2-6-12-19/h1-6,9-12,20-21,23,25H,7-8,13-17H2/t20?,21-,22-/m0/s1. The zero-order valence-corrected chi connectivity index (χ0v) is 14.8. The summed E-state index contributed by atoms with van der Waals surface area (Å²) in [6.45, 7) is 1.97. The fourth-order valence-electron chi connectivity index (χ4n) is 4.71. The van der Waals surface area contributed by atoms with Crippen LogP contribution in [0.4, 0.5) is 5.69 Å². The molecule has 4 rings (SSSR count). The van der Waals surface area contributed by atoms with E-state index in [1.165, 1.54) is 12.0 Å². The third kappa shape index (κ3) is 3.44. The number of hydrogen-bond donors (Lipinski definition) is 2. The number of nitrogens with one attached hydrogen (secondary N) is 1. The Morgan fingerprint density at radius 3 is 2.44 bits per heavy atom. The molecule has 0 bridgehead atoms. The van der Waals surface area contributed by atoms with Crippen molar-refractivity contribution in [3.63, 3.8) is 0 Å². The second-order valence-corrected chi connectivity index (χ2v) is 7.56. The van der Waals surface area contributed by atoms with Crippen LogP contribution in [0.2, 0.25) is 0 Å². The fraction of sp³-hybridized carbons (Fsp3) is 0.455. The molecule has 3 atom stereocenters. The van der Waals surface area contributed by atoms with Gasteiger partial charge in [0.05, 0.1) is 6.04 Å². The van der Waals surface area contributed by atoms with Crippen molar-refractivity contribution in [3.8, 4) is 0 Å². The number of hydrogen-bond acceptors (Lipinski definition) is 3. The van der Waals surface area contributed by atoms with Crippen molar-refractivity contribution < 1.29 is 5.11 Å². The number of aliphatic hydroxyl groups is 1. The molecule has 1 heterocycles. The molecule has 0 spiro atoms. The van der Waals surface area contributed by atoms with Crippen LogP contribution in [-0.4, -0.2) is 34.2 Å². The fourth-order valence-corrected chi connectivity index (χ4v) is 4.71. The first-order chi connectivity index (χ1) is 12.3. The van der Waals surface area contributed by atoms with Gasteiger partial charge in [-0.2, -0.15) is 0 Å². The molecule has 0 amide bonds. The first-order valence-corrected chi connectivity index (χ1v) is 9.58. The number of likely N-dealkylation sites (tertiary alicyclic amines) is 1. The maximum atomic E-state index is 11.7. The van der Waals surface area contributed by atoms with E-state index >= 15 is 0 Å². The lowest BCUT2D eigenvalue weighted by Crippen LogP contribution is -2.66. The molecular weight excluding hydrogens is 308 g/mol. The van der Waals surface area contributed by atoms with Crippen LogP contribution >= 0.6 is 0 Å². The van der Waals surface area contributed by atoms with Crippen molar-refractivity contribution in [2.24, 2.45) is 0 Å². The molecule has 2 aromatic carbocycles. The summed E-state index contributed by atoms with van der Waals surface area (Å²) < 4.78 is 0. The summed E-state index contributed by atoms with van der Waals surface area (Å²) in [5, 5.41) is 15.3. The number of rotatable bonds is 4. The predicted molar refractivity (Wildman–Crippen MR) is 103 cm³/mol. The second kappa shape index (κ2) is 7.19. The molecule has 3 nitrogen and oxygen atoms in total.